The van der Waals surface area contributed by atoms with E-state index in [9.17, 15) is 9.46 Å². The van der Waals surface area contributed by atoms with Crippen LogP contribution in [-0.4, -0.2) is 31.4 Å². The number of benzene rings is 6. The van der Waals surface area contributed by atoms with E-state index in [1.807, 2.05) is 36.4 Å². The second kappa shape index (κ2) is 17.6. The zero-order valence-electron chi connectivity index (χ0n) is 25.9. The molecule has 2 atom stereocenters. The Morgan fingerprint density at radius 2 is 0.809 bits per heavy atom. The molecule has 230 valence electrons. The Hall–Kier alpha value is -2.67. The van der Waals surface area contributed by atoms with Crippen LogP contribution in [0.5, 0.6) is 0 Å². The summed E-state index contributed by atoms with van der Waals surface area (Å²) in [6, 6.07) is 49.5. The van der Waals surface area contributed by atoms with Gasteiger partial charge in [0.1, 0.15) is 0 Å². The van der Waals surface area contributed by atoms with Crippen LogP contribution < -0.4 is 29.5 Å². The zero-order valence-corrected chi connectivity index (χ0v) is 29.6. The van der Waals surface area contributed by atoms with Gasteiger partial charge in [-0.25, -0.2) is 0 Å². The molecule has 4 nitrogen and oxygen atoms in total. The van der Waals surface area contributed by atoms with E-state index in [0.29, 0.717) is 5.30 Å². The summed E-state index contributed by atoms with van der Waals surface area (Å²) in [5, 5.41) is 6.66. The van der Waals surface area contributed by atoms with Crippen molar-refractivity contribution in [2.45, 2.75) is 0 Å². The third kappa shape index (κ3) is 7.81. The van der Waals surface area contributed by atoms with E-state index in [-0.39, 0.29) is 51.1 Å². The Morgan fingerprint density at radius 3 is 1.11 bits per heavy atom. The SMILES string of the molecule is O=[P+](O)c1ccc(-n2c3ccccc3c3ccccc32)cc1.Pc1ccc(-n2c3ccccc3c3ccccc32)cc1.S.S=S.[AlH3].[H-].[Li+]. The fourth-order valence-electron chi connectivity index (χ4n) is 5.75. The first-order valence-electron chi connectivity index (χ1n) is 13.9. The maximum Gasteiger partial charge on any atom is 1.00 e. The average molecular weight is 718 g/mol. The first-order chi connectivity index (χ1) is 21.6. The van der Waals surface area contributed by atoms with Crippen LogP contribution in [-0.2, 0) is 26.9 Å². The van der Waals surface area contributed by atoms with E-state index in [2.05, 4.69) is 138 Å². The Kier molecular flexibility index (Phi) is 14.6. The van der Waals surface area contributed by atoms with Crippen LogP contribution in [0.1, 0.15) is 1.43 Å². The van der Waals surface area contributed by atoms with Gasteiger partial charge in [0.15, 0.2) is 17.4 Å². The summed E-state index contributed by atoms with van der Waals surface area (Å²) in [5.41, 5.74) is 6.96. The molecule has 0 aliphatic rings. The predicted molar refractivity (Wildman–Crippen MR) is 217 cm³/mol. The average Bonchev–Trinajstić information content (AvgIpc) is 3.60. The molecule has 0 bridgehead atoms. The molecule has 0 amide bonds. The van der Waals surface area contributed by atoms with E-state index in [1.54, 1.807) is 12.1 Å². The van der Waals surface area contributed by atoms with Crippen LogP contribution in [0.2, 0.25) is 0 Å². The molecule has 8 rings (SSSR count). The van der Waals surface area contributed by atoms with Crippen molar-refractivity contribution in [3.05, 3.63) is 146 Å². The molecule has 2 aromatic heterocycles. The summed E-state index contributed by atoms with van der Waals surface area (Å²) in [6.45, 7) is 0. The third-order valence-corrected chi connectivity index (χ3v) is 8.77. The molecule has 0 fully saturated rings. The van der Waals surface area contributed by atoms with Crippen molar-refractivity contribution in [2.75, 3.05) is 0 Å². The molecule has 0 radical (unpaired) electrons. The van der Waals surface area contributed by atoms with E-state index in [4.69, 9.17) is 0 Å². The zero-order chi connectivity index (χ0) is 30.6. The number of aromatic nitrogens is 2. The molecular formula is C36H33AlLiN2O2P2S3+. The van der Waals surface area contributed by atoms with Gasteiger partial charge in [-0.3, -0.25) is 0 Å². The number of hydrogen-bond acceptors (Lipinski definition) is 3. The van der Waals surface area contributed by atoms with Gasteiger partial charge in [0.2, 0.25) is 5.30 Å². The summed E-state index contributed by atoms with van der Waals surface area (Å²) in [4.78, 5) is 9.19. The predicted octanol–water partition coefficient (Wildman–Crippen LogP) is 4.47. The van der Waals surface area contributed by atoms with Crippen LogP contribution in [0.3, 0.4) is 0 Å². The molecule has 11 heteroatoms. The van der Waals surface area contributed by atoms with E-state index >= 15 is 0 Å². The van der Waals surface area contributed by atoms with E-state index in [0.717, 1.165) is 16.7 Å². The molecule has 0 saturated carbocycles. The van der Waals surface area contributed by atoms with Gasteiger partial charge in [-0.15, -0.1) is 9.24 Å². The minimum absolute atomic E-state index is 0. The Balaban J connectivity index is 0.000000295. The minimum Gasteiger partial charge on any atom is -1.00 e. The van der Waals surface area contributed by atoms with E-state index < -0.39 is 8.03 Å². The quantitative estimate of drug-likeness (QED) is 0.217. The van der Waals surface area contributed by atoms with Crippen LogP contribution in [0, 0.1) is 0 Å². The first kappa shape index (κ1) is 38.8. The monoisotopic (exact) mass is 717 g/mol. The fourth-order valence-corrected chi connectivity index (χ4v) is 6.35. The largest absolute Gasteiger partial charge is 1.00 e. The first-order valence-corrected chi connectivity index (χ1v) is 17.0. The molecule has 2 heterocycles. The molecule has 6 aromatic carbocycles. The number of para-hydroxylation sites is 4. The molecule has 2 unspecified atom stereocenters. The van der Waals surface area contributed by atoms with Crippen molar-refractivity contribution >= 4 is 125 Å². The van der Waals surface area contributed by atoms with Gasteiger partial charge in [-0.05, 0) is 70.5 Å². The second-order valence-electron chi connectivity index (χ2n) is 10.1. The normalized spacial score (nSPS) is 10.5. The molecule has 1 N–H and O–H groups in total. The molecule has 0 saturated heterocycles. The maximum atomic E-state index is 11.2. The molecule has 0 aliphatic carbocycles. The summed E-state index contributed by atoms with van der Waals surface area (Å²) < 4.78 is 15.7. The minimum atomic E-state index is -2.29. The van der Waals surface area contributed by atoms with Gasteiger partial charge in [-0.2, -0.15) is 18.4 Å². The van der Waals surface area contributed by atoms with Crippen LogP contribution in [0.25, 0.3) is 55.0 Å². The van der Waals surface area contributed by atoms with Crippen molar-refractivity contribution in [3.8, 4) is 11.4 Å². The van der Waals surface area contributed by atoms with E-state index in [1.165, 1.54) is 43.6 Å². The number of hydrogen-bond donors (Lipinski definition) is 1. The van der Waals surface area contributed by atoms with Gasteiger partial charge in [-0.1, -0.05) is 84.9 Å². The van der Waals surface area contributed by atoms with Gasteiger partial charge in [0.05, 0.1) is 22.1 Å². The number of rotatable bonds is 3. The standard InChI is InChI=1S/C18H12NO2P.C18H14NP.Al.Li.S2.H2S.4H/c20-22(21)14-11-9-13(10-12-14)19-17-7-3-1-5-15(17)16-6-2-4-8-18(16)19;20-14-11-9-13(10-12-14)19-17-7-3-1-5-15(17)16-6-2-4-8-18(16)19;;;1-2;;;;;/h1-12H;1-12H,20H2;;;;1H2;;;;/q;;;+1;;;;;;-1/p+1. The van der Waals surface area contributed by atoms with Crippen molar-refractivity contribution in [3.63, 3.8) is 0 Å². The molecule has 0 aliphatic heterocycles. The summed E-state index contributed by atoms with van der Waals surface area (Å²) in [5.74, 6) is 0. The van der Waals surface area contributed by atoms with Crippen molar-refractivity contribution in [1.29, 1.82) is 0 Å². The molecule has 0 spiro atoms. The van der Waals surface area contributed by atoms with Crippen LogP contribution >= 0.6 is 30.8 Å². The Bertz CT molecular complexity index is 2180. The fraction of sp³-hybridized carbons (Fsp3) is 0. The summed E-state index contributed by atoms with van der Waals surface area (Å²) in [6.07, 6.45) is 0. The number of nitrogens with zero attached hydrogens (tertiary/aromatic N) is 2. The van der Waals surface area contributed by atoms with Crippen molar-refractivity contribution < 1.29 is 29.7 Å². The smallest absolute Gasteiger partial charge is 1.00 e. The third-order valence-electron chi connectivity index (χ3n) is 7.64. The Labute approximate surface area is 318 Å². The molecular weight excluding hydrogens is 684 g/mol. The molecule has 8 aromatic rings. The van der Waals surface area contributed by atoms with Gasteiger partial charge in [0, 0.05) is 55.3 Å². The summed E-state index contributed by atoms with van der Waals surface area (Å²) in [7, 11) is 0.439. The van der Waals surface area contributed by atoms with Gasteiger partial charge >= 0.3 is 26.9 Å². The number of fused-ring (bicyclic) bond motifs is 6. The summed E-state index contributed by atoms with van der Waals surface area (Å²) >= 11 is 7.33. The topological polar surface area (TPSA) is 47.2 Å². The van der Waals surface area contributed by atoms with Crippen molar-refractivity contribution in [1.82, 2.24) is 9.13 Å². The van der Waals surface area contributed by atoms with Crippen LogP contribution in [0.4, 0.5) is 0 Å². The second-order valence-corrected chi connectivity index (χ2v) is 11.8. The van der Waals surface area contributed by atoms with Crippen LogP contribution in [0.15, 0.2) is 146 Å². The van der Waals surface area contributed by atoms with Gasteiger partial charge < -0.3 is 10.6 Å². The Morgan fingerprint density at radius 1 is 0.532 bits per heavy atom. The van der Waals surface area contributed by atoms with Gasteiger partial charge in [0.25, 0.3) is 0 Å². The molecule has 47 heavy (non-hydrogen) atoms. The van der Waals surface area contributed by atoms with Crippen molar-refractivity contribution in [2.24, 2.45) is 0 Å². The maximum absolute atomic E-state index is 11.2.